The molecule has 2 heterocycles. The number of fused-ring (bicyclic) bond motifs is 1. The number of aliphatic carboxylic acids is 2. The van der Waals surface area contributed by atoms with Gasteiger partial charge in [0.2, 0.25) is 0 Å². The van der Waals surface area contributed by atoms with Crippen molar-refractivity contribution in [2.24, 2.45) is 0 Å². The van der Waals surface area contributed by atoms with Gasteiger partial charge in [0.15, 0.2) is 0 Å². The van der Waals surface area contributed by atoms with Crippen molar-refractivity contribution < 1.29 is 19.8 Å². The second kappa shape index (κ2) is 5.67. The van der Waals surface area contributed by atoms with E-state index in [0.717, 1.165) is 32.4 Å². The van der Waals surface area contributed by atoms with Crippen molar-refractivity contribution in [3.8, 4) is 0 Å². The molecule has 2 unspecified atom stereocenters. The normalized spacial score (nSPS) is 28.3. The van der Waals surface area contributed by atoms with E-state index in [9.17, 15) is 9.59 Å². The SMILES string of the molecule is O=C(O)CN(CC(=O)O)C1CCN2CCCCC12. The average molecular weight is 256 g/mol. The van der Waals surface area contributed by atoms with Crippen molar-refractivity contribution in [1.82, 2.24) is 9.80 Å². The van der Waals surface area contributed by atoms with Crippen molar-refractivity contribution in [3.05, 3.63) is 0 Å². The van der Waals surface area contributed by atoms with Crippen molar-refractivity contribution >= 4 is 11.9 Å². The van der Waals surface area contributed by atoms with Crippen LogP contribution in [0.1, 0.15) is 25.7 Å². The number of nitrogens with zero attached hydrogens (tertiary/aromatic N) is 2. The Bertz CT molecular complexity index is 318. The monoisotopic (exact) mass is 256 g/mol. The van der Waals surface area contributed by atoms with Gasteiger partial charge in [-0.2, -0.15) is 0 Å². The van der Waals surface area contributed by atoms with Gasteiger partial charge >= 0.3 is 11.9 Å². The Balaban J connectivity index is 2.04. The predicted octanol–water partition coefficient (Wildman–Crippen LogP) is 0.0844. The fourth-order valence-electron chi connectivity index (χ4n) is 3.28. The van der Waals surface area contributed by atoms with Crippen molar-refractivity contribution in [1.29, 1.82) is 0 Å². The average Bonchev–Trinajstić information content (AvgIpc) is 2.70. The van der Waals surface area contributed by atoms with Crippen LogP contribution >= 0.6 is 0 Å². The number of piperidine rings is 1. The Hall–Kier alpha value is -1.14. The molecule has 0 aromatic carbocycles. The highest BCUT2D eigenvalue weighted by Gasteiger charge is 2.39. The number of carbonyl (C=O) groups is 2. The fourth-order valence-corrected chi connectivity index (χ4v) is 3.28. The van der Waals surface area contributed by atoms with Crippen LogP contribution in [0.25, 0.3) is 0 Å². The fraction of sp³-hybridized carbons (Fsp3) is 0.833. The van der Waals surface area contributed by atoms with E-state index in [0.29, 0.717) is 6.04 Å². The number of carboxylic acid groups (broad SMARTS) is 2. The van der Waals surface area contributed by atoms with E-state index in [1.54, 1.807) is 4.90 Å². The minimum Gasteiger partial charge on any atom is -0.480 e. The van der Waals surface area contributed by atoms with Crippen molar-refractivity contribution in [3.63, 3.8) is 0 Å². The molecule has 2 rings (SSSR count). The van der Waals surface area contributed by atoms with Crippen molar-refractivity contribution in [2.45, 2.75) is 37.8 Å². The zero-order valence-electron chi connectivity index (χ0n) is 10.4. The Morgan fingerprint density at radius 1 is 1.06 bits per heavy atom. The van der Waals surface area contributed by atoms with Crippen LogP contribution in [-0.4, -0.2) is 70.2 Å². The van der Waals surface area contributed by atoms with E-state index in [2.05, 4.69) is 4.90 Å². The topological polar surface area (TPSA) is 81.1 Å². The quantitative estimate of drug-likeness (QED) is 0.725. The molecular formula is C12H20N2O4. The molecule has 0 aromatic rings. The lowest BCUT2D eigenvalue weighted by atomic mass is 9.98. The van der Waals surface area contributed by atoms with Gasteiger partial charge in [-0.3, -0.25) is 19.4 Å². The van der Waals surface area contributed by atoms with Crippen molar-refractivity contribution in [2.75, 3.05) is 26.2 Å². The molecule has 2 atom stereocenters. The Kier molecular flexibility index (Phi) is 4.19. The summed E-state index contributed by atoms with van der Waals surface area (Å²) in [7, 11) is 0. The van der Waals surface area contributed by atoms with Gasteiger partial charge in [0.25, 0.3) is 0 Å². The van der Waals surface area contributed by atoms with Crippen LogP contribution in [0.4, 0.5) is 0 Å². The minimum absolute atomic E-state index is 0.0810. The summed E-state index contributed by atoms with van der Waals surface area (Å²) in [6.07, 6.45) is 4.29. The van der Waals surface area contributed by atoms with Gasteiger partial charge in [0, 0.05) is 18.6 Å². The second-order valence-electron chi connectivity index (χ2n) is 5.15. The molecule has 102 valence electrons. The molecule has 2 fully saturated rings. The maximum atomic E-state index is 10.9. The summed E-state index contributed by atoms with van der Waals surface area (Å²) < 4.78 is 0. The second-order valence-corrected chi connectivity index (χ2v) is 5.15. The first-order valence-electron chi connectivity index (χ1n) is 6.49. The molecule has 2 saturated heterocycles. The molecule has 0 radical (unpaired) electrons. The first-order valence-corrected chi connectivity index (χ1v) is 6.49. The van der Waals surface area contributed by atoms with Crippen LogP contribution in [0, 0.1) is 0 Å². The summed E-state index contributed by atoms with van der Waals surface area (Å²) in [5.41, 5.74) is 0. The zero-order valence-corrected chi connectivity index (χ0v) is 10.4. The minimum atomic E-state index is -0.953. The highest BCUT2D eigenvalue weighted by molar-refractivity contribution is 5.72. The van der Waals surface area contributed by atoms with Gasteiger partial charge in [-0.15, -0.1) is 0 Å². The Morgan fingerprint density at radius 3 is 2.33 bits per heavy atom. The third-order valence-electron chi connectivity index (χ3n) is 3.97. The zero-order chi connectivity index (χ0) is 13.1. The summed E-state index contributed by atoms with van der Waals surface area (Å²) in [5.74, 6) is -1.91. The molecule has 2 N–H and O–H groups in total. The number of hydrogen-bond acceptors (Lipinski definition) is 4. The lowest BCUT2D eigenvalue weighted by molar-refractivity contribution is -0.143. The first kappa shape index (κ1) is 13.3. The molecule has 0 aliphatic carbocycles. The van der Waals surface area contributed by atoms with Crippen LogP contribution in [0.5, 0.6) is 0 Å². The van der Waals surface area contributed by atoms with Gasteiger partial charge in [0.1, 0.15) is 0 Å². The maximum Gasteiger partial charge on any atom is 0.317 e. The molecule has 6 nitrogen and oxygen atoms in total. The smallest absolute Gasteiger partial charge is 0.317 e. The van der Waals surface area contributed by atoms with Gasteiger partial charge in [-0.1, -0.05) is 6.42 Å². The van der Waals surface area contributed by atoms with Gasteiger partial charge < -0.3 is 10.2 Å². The van der Waals surface area contributed by atoms with E-state index in [4.69, 9.17) is 10.2 Å². The lowest BCUT2D eigenvalue weighted by Crippen LogP contribution is -2.50. The first-order chi connectivity index (χ1) is 8.58. The summed E-state index contributed by atoms with van der Waals surface area (Å²) in [6.45, 7) is 1.67. The third-order valence-corrected chi connectivity index (χ3v) is 3.97. The molecule has 0 spiro atoms. The lowest BCUT2D eigenvalue weighted by Gasteiger charge is -2.36. The molecular weight excluding hydrogens is 236 g/mol. The summed E-state index contributed by atoms with van der Waals surface area (Å²) in [4.78, 5) is 25.7. The van der Waals surface area contributed by atoms with E-state index in [-0.39, 0.29) is 19.1 Å². The van der Waals surface area contributed by atoms with E-state index >= 15 is 0 Å². The van der Waals surface area contributed by atoms with E-state index in [1.165, 1.54) is 6.42 Å². The molecule has 0 aromatic heterocycles. The summed E-state index contributed by atoms with van der Waals surface area (Å²) in [5, 5.41) is 17.8. The molecule has 0 amide bonds. The van der Waals surface area contributed by atoms with Crippen LogP contribution in [-0.2, 0) is 9.59 Å². The maximum absolute atomic E-state index is 10.9. The van der Waals surface area contributed by atoms with Crippen LogP contribution in [0.15, 0.2) is 0 Å². The third kappa shape index (κ3) is 3.00. The summed E-state index contributed by atoms with van der Waals surface area (Å²) >= 11 is 0. The van der Waals surface area contributed by atoms with Gasteiger partial charge in [0.05, 0.1) is 13.1 Å². The van der Waals surface area contributed by atoms with E-state index < -0.39 is 11.9 Å². The largest absolute Gasteiger partial charge is 0.480 e. The Labute approximate surface area is 106 Å². The van der Waals surface area contributed by atoms with Crippen LogP contribution < -0.4 is 0 Å². The molecule has 0 saturated carbocycles. The number of carboxylic acids is 2. The van der Waals surface area contributed by atoms with E-state index in [1.807, 2.05) is 0 Å². The highest BCUT2D eigenvalue weighted by Crippen LogP contribution is 2.30. The van der Waals surface area contributed by atoms with Gasteiger partial charge in [-0.25, -0.2) is 0 Å². The molecule has 2 aliphatic rings. The molecule has 6 heteroatoms. The van der Waals surface area contributed by atoms with Gasteiger partial charge in [-0.05, 0) is 25.8 Å². The molecule has 0 bridgehead atoms. The van der Waals surface area contributed by atoms with Crippen LogP contribution in [0.3, 0.4) is 0 Å². The number of hydrogen-bond donors (Lipinski definition) is 2. The Morgan fingerprint density at radius 2 is 1.72 bits per heavy atom. The highest BCUT2D eigenvalue weighted by atomic mass is 16.4. The number of rotatable bonds is 5. The molecule has 18 heavy (non-hydrogen) atoms. The summed E-state index contributed by atoms with van der Waals surface area (Å²) in [6, 6.07) is 0.426. The molecule has 2 aliphatic heterocycles. The predicted molar refractivity (Wildman–Crippen MR) is 64.5 cm³/mol. The standard InChI is InChI=1S/C12H20N2O4/c15-11(16)7-14(8-12(17)18)10-4-6-13-5-2-1-3-9(10)13/h9-10H,1-8H2,(H,15,16)(H,17,18). The van der Waals surface area contributed by atoms with Crippen LogP contribution in [0.2, 0.25) is 0 Å².